The number of ether oxygens (including phenoxy) is 1. The van der Waals surface area contributed by atoms with Crippen LogP contribution in [0.25, 0.3) is 0 Å². The number of hydrogen-bond donors (Lipinski definition) is 2. The number of methoxy groups -OCH3 is 1. The van der Waals surface area contributed by atoms with Gasteiger partial charge >= 0.3 is 5.97 Å². The summed E-state index contributed by atoms with van der Waals surface area (Å²) in [4.78, 5) is 36.4. The van der Waals surface area contributed by atoms with Gasteiger partial charge in [-0.05, 0) is 30.9 Å². The monoisotopic (exact) mass is 410 g/mol. The van der Waals surface area contributed by atoms with Gasteiger partial charge < -0.3 is 15.4 Å². The van der Waals surface area contributed by atoms with E-state index in [1.54, 1.807) is 0 Å². The molecule has 0 aliphatic heterocycles. The smallest absolute Gasteiger partial charge is 0.328 e. The van der Waals surface area contributed by atoms with Crippen molar-refractivity contribution in [1.82, 2.24) is 10.6 Å². The molecule has 0 heterocycles. The van der Waals surface area contributed by atoms with Gasteiger partial charge in [0.05, 0.1) is 7.11 Å². The van der Waals surface area contributed by atoms with E-state index in [-0.39, 0.29) is 30.7 Å². The molecule has 2 aromatic rings. The molecule has 30 heavy (non-hydrogen) atoms. The lowest BCUT2D eigenvalue weighted by Crippen LogP contribution is -2.43. The summed E-state index contributed by atoms with van der Waals surface area (Å²) in [6.07, 6.45) is 2.12. The highest BCUT2D eigenvalue weighted by Gasteiger charge is 2.22. The van der Waals surface area contributed by atoms with Crippen molar-refractivity contribution in [3.05, 3.63) is 71.8 Å². The second kappa shape index (κ2) is 12.4. The summed E-state index contributed by atoms with van der Waals surface area (Å²) in [5.41, 5.74) is 2.14. The molecule has 0 fully saturated rings. The number of hydrogen-bond acceptors (Lipinski definition) is 4. The number of carbonyl (C=O) groups is 3. The summed E-state index contributed by atoms with van der Waals surface area (Å²) in [5.74, 6) is -1.04. The summed E-state index contributed by atoms with van der Waals surface area (Å²) in [5, 5.41) is 5.60. The van der Waals surface area contributed by atoms with Crippen LogP contribution in [0.3, 0.4) is 0 Å². The predicted molar refractivity (Wildman–Crippen MR) is 116 cm³/mol. The van der Waals surface area contributed by atoms with Crippen molar-refractivity contribution in [2.45, 2.75) is 51.1 Å². The Balaban J connectivity index is 1.74. The first-order valence-corrected chi connectivity index (χ1v) is 10.2. The van der Waals surface area contributed by atoms with E-state index in [4.69, 9.17) is 4.74 Å². The molecule has 6 nitrogen and oxygen atoms in total. The standard InChI is InChI=1S/C24H30N2O4/c1-18(13-14-19-9-5-3-6-10-19)25-22(27)15-16-23(28)26-21(24(29)30-2)17-20-11-7-4-8-12-20/h3-12,18,21H,13-17H2,1-2H3,(H,25,27)(H,26,28)/t18-,21-/m1/s1. The molecule has 160 valence electrons. The maximum absolute atomic E-state index is 12.3. The van der Waals surface area contributed by atoms with Crippen molar-refractivity contribution in [3.8, 4) is 0 Å². The minimum absolute atomic E-state index is 0.0134. The Morgan fingerprint density at radius 3 is 1.93 bits per heavy atom. The Labute approximate surface area is 178 Å². The van der Waals surface area contributed by atoms with Crippen molar-refractivity contribution in [1.29, 1.82) is 0 Å². The molecule has 2 amide bonds. The third-order valence-electron chi connectivity index (χ3n) is 4.80. The number of rotatable bonds is 11. The van der Waals surface area contributed by atoms with Gasteiger partial charge in [-0.2, -0.15) is 0 Å². The van der Waals surface area contributed by atoms with E-state index in [1.165, 1.54) is 12.7 Å². The maximum atomic E-state index is 12.3. The molecule has 0 aliphatic rings. The molecule has 0 spiro atoms. The molecule has 2 N–H and O–H groups in total. The molecule has 0 aromatic heterocycles. The third kappa shape index (κ3) is 8.47. The first-order chi connectivity index (χ1) is 14.5. The van der Waals surface area contributed by atoms with E-state index >= 15 is 0 Å². The highest BCUT2D eigenvalue weighted by molar-refractivity contribution is 5.87. The zero-order valence-electron chi connectivity index (χ0n) is 17.6. The van der Waals surface area contributed by atoms with E-state index in [0.29, 0.717) is 6.42 Å². The fourth-order valence-corrected chi connectivity index (χ4v) is 3.13. The summed E-state index contributed by atoms with van der Waals surface area (Å²) in [6, 6.07) is 18.7. The average Bonchev–Trinajstić information content (AvgIpc) is 2.76. The van der Waals surface area contributed by atoms with Crippen LogP contribution < -0.4 is 10.6 Å². The molecular weight excluding hydrogens is 380 g/mol. The largest absolute Gasteiger partial charge is 0.467 e. The second-order valence-corrected chi connectivity index (χ2v) is 7.33. The van der Waals surface area contributed by atoms with Crippen LogP contribution >= 0.6 is 0 Å². The van der Waals surface area contributed by atoms with Gasteiger partial charge in [0.15, 0.2) is 0 Å². The van der Waals surface area contributed by atoms with Crippen molar-refractivity contribution < 1.29 is 19.1 Å². The molecule has 2 atom stereocenters. The summed E-state index contributed by atoms with van der Waals surface area (Å²) in [6.45, 7) is 1.95. The quantitative estimate of drug-likeness (QED) is 0.558. The van der Waals surface area contributed by atoms with E-state index < -0.39 is 12.0 Å². The van der Waals surface area contributed by atoms with Gasteiger partial charge in [-0.15, -0.1) is 0 Å². The van der Waals surface area contributed by atoms with Crippen LogP contribution in [-0.2, 0) is 32.0 Å². The SMILES string of the molecule is COC(=O)[C@@H](Cc1ccccc1)NC(=O)CCC(=O)N[C@H](C)CCc1ccccc1. The molecule has 0 saturated heterocycles. The lowest BCUT2D eigenvalue weighted by Gasteiger charge is -2.17. The molecule has 0 aliphatic carbocycles. The number of aryl methyl sites for hydroxylation is 1. The van der Waals surface area contributed by atoms with Gasteiger partial charge in [0.1, 0.15) is 6.04 Å². The van der Waals surface area contributed by atoms with E-state index in [2.05, 4.69) is 22.8 Å². The molecule has 0 unspecified atom stereocenters. The highest BCUT2D eigenvalue weighted by Crippen LogP contribution is 2.07. The van der Waals surface area contributed by atoms with Gasteiger partial charge in [-0.3, -0.25) is 9.59 Å². The Bertz CT molecular complexity index is 808. The molecule has 2 aromatic carbocycles. The molecule has 0 radical (unpaired) electrons. The van der Waals surface area contributed by atoms with Gasteiger partial charge in [-0.1, -0.05) is 60.7 Å². The lowest BCUT2D eigenvalue weighted by atomic mass is 10.1. The van der Waals surface area contributed by atoms with Crippen LogP contribution in [0.4, 0.5) is 0 Å². The maximum Gasteiger partial charge on any atom is 0.328 e. The van der Waals surface area contributed by atoms with Gasteiger partial charge in [0.2, 0.25) is 11.8 Å². The summed E-state index contributed by atoms with van der Waals surface area (Å²) < 4.78 is 4.79. The zero-order chi connectivity index (χ0) is 21.8. The van der Waals surface area contributed by atoms with Gasteiger partial charge in [0.25, 0.3) is 0 Å². The van der Waals surface area contributed by atoms with E-state index in [0.717, 1.165) is 18.4 Å². The topological polar surface area (TPSA) is 84.5 Å². The molecule has 0 saturated carbocycles. The normalized spacial score (nSPS) is 12.5. The van der Waals surface area contributed by atoms with Crippen molar-refractivity contribution in [3.63, 3.8) is 0 Å². The Hall–Kier alpha value is -3.15. The third-order valence-corrected chi connectivity index (χ3v) is 4.80. The number of nitrogens with one attached hydrogen (secondary N) is 2. The van der Waals surface area contributed by atoms with Crippen molar-refractivity contribution in [2.24, 2.45) is 0 Å². The number of benzene rings is 2. The fourth-order valence-electron chi connectivity index (χ4n) is 3.13. The number of amides is 2. The molecular formula is C24H30N2O4. The van der Waals surface area contributed by atoms with Gasteiger partial charge in [0, 0.05) is 25.3 Å². The average molecular weight is 411 g/mol. The molecule has 2 rings (SSSR count). The van der Waals surface area contributed by atoms with Crippen LogP contribution in [0.15, 0.2) is 60.7 Å². The predicted octanol–water partition coefficient (Wildman–Crippen LogP) is 2.80. The zero-order valence-corrected chi connectivity index (χ0v) is 17.6. The van der Waals surface area contributed by atoms with Crippen LogP contribution in [-0.4, -0.2) is 37.0 Å². The second-order valence-electron chi connectivity index (χ2n) is 7.33. The minimum Gasteiger partial charge on any atom is -0.467 e. The Morgan fingerprint density at radius 2 is 1.37 bits per heavy atom. The van der Waals surface area contributed by atoms with Crippen LogP contribution in [0.5, 0.6) is 0 Å². The van der Waals surface area contributed by atoms with Crippen molar-refractivity contribution >= 4 is 17.8 Å². The van der Waals surface area contributed by atoms with Crippen molar-refractivity contribution in [2.75, 3.05) is 7.11 Å². The highest BCUT2D eigenvalue weighted by atomic mass is 16.5. The van der Waals surface area contributed by atoms with Crippen LogP contribution in [0.1, 0.15) is 37.3 Å². The summed E-state index contributed by atoms with van der Waals surface area (Å²) >= 11 is 0. The number of esters is 1. The summed E-state index contributed by atoms with van der Waals surface area (Å²) in [7, 11) is 1.29. The van der Waals surface area contributed by atoms with Crippen LogP contribution in [0.2, 0.25) is 0 Å². The lowest BCUT2D eigenvalue weighted by molar-refractivity contribution is -0.145. The Morgan fingerprint density at radius 1 is 0.833 bits per heavy atom. The first-order valence-electron chi connectivity index (χ1n) is 10.2. The minimum atomic E-state index is -0.780. The van der Waals surface area contributed by atoms with E-state index in [1.807, 2.05) is 55.5 Å². The van der Waals surface area contributed by atoms with E-state index in [9.17, 15) is 14.4 Å². The molecule has 6 heteroatoms. The first kappa shape index (κ1) is 23.1. The van der Waals surface area contributed by atoms with Gasteiger partial charge in [-0.25, -0.2) is 4.79 Å². The fraction of sp³-hybridized carbons (Fsp3) is 0.375. The molecule has 0 bridgehead atoms. The van der Waals surface area contributed by atoms with Crippen LogP contribution in [0, 0.1) is 0 Å². The Kier molecular flexibility index (Phi) is 9.58. The number of carbonyl (C=O) groups excluding carboxylic acids is 3.